The molecular formula is C34H59NO5S. The maximum absolute atomic E-state index is 11.8. The fraction of sp³-hybridized carbons (Fsp3) is 0.794. The SMILES string of the molecule is C#CCCCCCCCCCOCCOCCOCCOCCCCCCCCCCCCNC(=O)c1ccsc1. The summed E-state index contributed by atoms with van der Waals surface area (Å²) in [5.41, 5.74) is 0.779. The van der Waals surface area contributed by atoms with E-state index in [1.165, 1.54) is 89.9 Å². The average molecular weight is 594 g/mol. The molecule has 0 unspecified atom stereocenters. The molecule has 1 aromatic rings. The second kappa shape index (κ2) is 31.5. The number of carbonyl (C=O) groups is 1. The molecule has 236 valence electrons. The van der Waals surface area contributed by atoms with E-state index in [1.807, 2.05) is 16.8 Å². The second-order valence-electron chi connectivity index (χ2n) is 10.7. The summed E-state index contributed by atoms with van der Waals surface area (Å²) in [4.78, 5) is 11.8. The maximum Gasteiger partial charge on any atom is 0.252 e. The summed E-state index contributed by atoms with van der Waals surface area (Å²) in [7, 11) is 0. The predicted octanol–water partition coefficient (Wildman–Crippen LogP) is 8.20. The quantitative estimate of drug-likeness (QED) is 0.0674. The van der Waals surface area contributed by atoms with Crippen LogP contribution in [0, 0.1) is 12.3 Å². The van der Waals surface area contributed by atoms with Crippen molar-refractivity contribution in [2.24, 2.45) is 0 Å². The van der Waals surface area contributed by atoms with Crippen molar-refractivity contribution < 1.29 is 23.7 Å². The van der Waals surface area contributed by atoms with Gasteiger partial charge in [0.2, 0.25) is 0 Å². The van der Waals surface area contributed by atoms with Crippen molar-refractivity contribution in [3.63, 3.8) is 0 Å². The number of nitrogens with one attached hydrogen (secondary N) is 1. The Kier molecular flexibility index (Phi) is 28.9. The standard InChI is InChI=1S/C34H59NO5S/c1-2-3-4-5-6-10-13-16-19-23-37-25-27-39-29-30-40-28-26-38-24-20-17-14-11-8-7-9-12-15-18-22-35-34(36)33-21-31-41-32-33/h1,21,31-32H,3-20,22-30H2,(H,35,36). The van der Waals surface area contributed by atoms with Crippen LogP contribution < -0.4 is 5.32 Å². The topological polar surface area (TPSA) is 66.0 Å². The molecule has 41 heavy (non-hydrogen) atoms. The van der Waals surface area contributed by atoms with E-state index in [-0.39, 0.29) is 5.91 Å². The van der Waals surface area contributed by atoms with Crippen LogP contribution in [0.1, 0.15) is 126 Å². The van der Waals surface area contributed by atoms with Gasteiger partial charge in [-0.1, -0.05) is 83.5 Å². The number of thiophene rings is 1. The molecule has 0 aromatic carbocycles. The summed E-state index contributed by atoms with van der Waals surface area (Å²) < 4.78 is 22.4. The van der Waals surface area contributed by atoms with Crippen molar-refractivity contribution in [3.05, 3.63) is 22.4 Å². The van der Waals surface area contributed by atoms with Gasteiger partial charge in [0.25, 0.3) is 5.91 Å². The van der Waals surface area contributed by atoms with E-state index in [0.29, 0.717) is 39.6 Å². The lowest BCUT2D eigenvalue weighted by Gasteiger charge is -2.08. The van der Waals surface area contributed by atoms with Crippen molar-refractivity contribution in [3.8, 4) is 12.3 Å². The first-order valence-corrected chi connectivity index (χ1v) is 17.3. The van der Waals surface area contributed by atoms with E-state index < -0.39 is 0 Å². The van der Waals surface area contributed by atoms with Gasteiger partial charge >= 0.3 is 0 Å². The maximum atomic E-state index is 11.8. The molecule has 0 spiro atoms. The number of unbranched alkanes of at least 4 members (excludes halogenated alkanes) is 16. The fourth-order valence-corrected chi connectivity index (χ4v) is 5.15. The number of hydrogen-bond donors (Lipinski definition) is 1. The minimum absolute atomic E-state index is 0.0548. The van der Waals surface area contributed by atoms with Gasteiger partial charge < -0.3 is 24.3 Å². The Morgan fingerprint density at radius 1 is 0.610 bits per heavy atom. The molecule has 0 bridgehead atoms. The van der Waals surface area contributed by atoms with Gasteiger partial charge in [0.1, 0.15) is 0 Å². The number of rotatable bonds is 32. The van der Waals surface area contributed by atoms with Gasteiger partial charge in [0.05, 0.1) is 39.6 Å². The monoisotopic (exact) mass is 593 g/mol. The summed E-state index contributed by atoms with van der Waals surface area (Å²) in [5.74, 6) is 2.75. The van der Waals surface area contributed by atoms with E-state index in [0.717, 1.165) is 51.0 Å². The number of carbonyl (C=O) groups excluding carboxylic acids is 1. The molecular weight excluding hydrogens is 534 g/mol. The third-order valence-corrected chi connectivity index (χ3v) is 7.69. The Morgan fingerprint density at radius 2 is 1.02 bits per heavy atom. The molecule has 0 aliphatic rings. The summed E-state index contributed by atoms with van der Waals surface area (Å²) in [6.07, 6.45) is 27.4. The Hall–Kier alpha value is -1.43. The Bertz CT molecular complexity index is 706. The Morgan fingerprint density at radius 3 is 1.46 bits per heavy atom. The third-order valence-electron chi connectivity index (χ3n) is 7.01. The number of hydrogen-bond acceptors (Lipinski definition) is 6. The fourth-order valence-electron chi connectivity index (χ4n) is 4.52. The minimum atomic E-state index is 0.0548. The highest BCUT2D eigenvalue weighted by Crippen LogP contribution is 2.11. The summed E-state index contributed by atoms with van der Waals surface area (Å²) in [5, 5.41) is 6.83. The van der Waals surface area contributed by atoms with Crippen LogP contribution in [0.2, 0.25) is 0 Å². The lowest BCUT2D eigenvalue weighted by Crippen LogP contribution is -2.23. The van der Waals surface area contributed by atoms with Gasteiger partial charge in [-0.05, 0) is 37.1 Å². The molecule has 0 radical (unpaired) electrons. The molecule has 1 rings (SSSR count). The highest BCUT2D eigenvalue weighted by Gasteiger charge is 2.03. The number of terminal acetylenes is 1. The lowest BCUT2D eigenvalue weighted by molar-refractivity contribution is -0.00248. The molecule has 6 nitrogen and oxygen atoms in total. The first-order chi connectivity index (χ1) is 20.3. The highest BCUT2D eigenvalue weighted by atomic mass is 32.1. The van der Waals surface area contributed by atoms with Gasteiger partial charge in [-0.25, -0.2) is 0 Å². The molecule has 0 atom stereocenters. The van der Waals surface area contributed by atoms with Crippen molar-refractivity contribution in [1.29, 1.82) is 0 Å². The smallest absolute Gasteiger partial charge is 0.252 e. The molecule has 1 aromatic heterocycles. The molecule has 1 N–H and O–H groups in total. The van der Waals surface area contributed by atoms with Crippen LogP contribution in [0.15, 0.2) is 16.8 Å². The van der Waals surface area contributed by atoms with Crippen LogP contribution in [0.25, 0.3) is 0 Å². The molecule has 1 heterocycles. The summed E-state index contributed by atoms with van der Waals surface area (Å²) in [6.45, 7) is 6.23. The van der Waals surface area contributed by atoms with Crippen molar-refractivity contribution in [2.75, 3.05) is 59.4 Å². The van der Waals surface area contributed by atoms with Crippen LogP contribution in [-0.4, -0.2) is 65.3 Å². The van der Waals surface area contributed by atoms with Gasteiger partial charge in [0, 0.05) is 37.1 Å². The molecule has 0 saturated heterocycles. The normalized spacial score (nSPS) is 11.1. The third kappa shape index (κ3) is 27.2. The molecule has 0 fully saturated rings. The Labute approximate surface area is 255 Å². The summed E-state index contributed by atoms with van der Waals surface area (Å²) >= 11 is 1.56. The van der Waals surface area contributed by atoms with E-state index in [4.69, 9.17) is 25.4 Å². The first kappa shape index (κ1) is 37.6. The zero-order chi connectivity index (χ0) is 29.3. The molecule has 0 saturated carbocycles. The minimum Gasteiger partial charge on any atom is -0.379 e. The molecule has 1 amide bonds. The predicted molar refractivity (Wildman–Crippen MR) is 172 cm³/mol. The van der Waals surface area contributed by atoms with Crippen molar-refractivity contribution in [2.45, 2.75) is 116 Å². The van der Waals surface area contributed by atoms with Crippen LogP contribution in [-0.2, 0) is 18.9 Å². The zero-order valence-electron chi connectivity index (χ0n) is 25.9. The van der Waals surface area contributed by atoms with Crippen LogP contribution in [0.3, 0.4) is 0 Å². The van der Waals surface area contributed by atoms with E-state index in [2.05, 4.69) is 11.2 Å². The van der Waals surface area contributed by atoms with Crippen LogP contribution in [0.5, 0.6) is 0 Å². The van der Waals surface area contributed by atoms with Crippen LogP contribution in [0.4, 0.5) is 0 Å². The van der Waals surface area contributed by atoms with E-state index in [1.54, 1.807) is 11.3 Å². The van der Waals surface area contributed by atoms with Gasteiger partial charge in [0.15, 0.2) is 0 Å². The van der Waals surface area contributed by atoms with Gasteiger partial charge in [-0.2, -0.15) is 11.3 Å². The largest absolute Gasteiger partial charge is 0.379 e. The average Bonchev–Trinajstić information content (AvgIpc) is 3.53. The zero-order valence-corrected chi connectivity index (χ0v) is 26.7. The Balaban J connectivity index is 1.63. The lowest BCUT2D eigenvalue weighted by atomic mass is 10.1. The number of ether oxygens (including phenoxy) is 4. The molecule has 0 aliphatic heterocycles. The number of amides is 1. The molecule has 7 heteroatoms. The highest BCUT2D eigenvalue weighted by molar-refractivity contribution is 7.08. The van der Waals surface area contributed by atoms with Crippen molar-refractivity contribution >= 4 is 17.2 Å². The van der Waals surface area contributed by atoms with E-state index >= 15 is 0 Å². The summed E-state index contributed by atoms with van der Waals surface area (Å²) in [6, 6.07) is 1.87. The second-order valence-corrected chi connectivity index (χ2v) is 11.5. The first-order valence-electron chi connectivity index (χ1n) is 16.4. The van der Waals surface area contributed by atoms with E-state index in [9.17, 15) is 4.79 Å². The van der Waals surface area contributed by atoms with Gasteiger partial charge in [-0.3, -0.25) is 4.79 Å². The van der Waals surface area contributed by atoms with Crippen molar-refractivity contribution in [1.82, 2.24) is 5.32 Å². The molecule has 0 aliphatic carbocycles. The van der Waals surface area contributed by atoms with Gasteiger partial charge in [-0.15, -0.1) is 12.3 Å². The van der Waals surface area contributed by atoms with Crippen LogP contribution >= 0.6 is 11.3 Å².